The summed E-state index contributed by atoms with van der Waals surface area (Å²) in [6.07, 6.45) is 4.24. The Labute approximate surface area is 250 Å². The molecule has 1 aliphatic heterocycles. The highest BCUT2D eigenvalue weighted by Gasteiger charge is 2.51. The van der Waals surface area contributed by atoms with Crippen LogP contribution >= 0.6 is 11.6 Å². The van der Waals surface area contributed by atoms with Gasteiger partial charge in [0.25, 0.3) is 5.56 Å². The number of nitrogens with zero attached hydrogens (tertiary/aromatic N) is 2. The number of amides is 2. The molecule has 222 valence electrons. The molecule has 6 rings (SSSR count). The number of benzene rings is 2. The molecule has 0 saturated heterocycles. The summed E-state index contributed by atoms with van der Waals surface area (Å²) < 4.78 is 19.5. The third-order valence-electron chi connectivity index (χ3n) is 7.60. The number of halogens is 2. The van der Waals surface area contributed by atoms with E-state index in [0.29, 0.717) is 18.7 Å². The zero-order chi connectivity index (χ0) is 30.9. The maximum Gasteiger partial charge on any atom is 0.328 e. The van der Waals surface area contributed by atoms with E-state index in [9.17, 15) is 23.6 Å². The van der Waals surface area contributed by atoms with Gasteiger partial charge in [-0.25, -0.2) is 14.2 Å². The summed E-state index contributed by atoms with van der Waals surface area (Å²) in [5, 5.41) is 5.52. The molecule has 10 nitrogen and oxygen atoms in total. The second-order valence-corrected chi connectivity index (χ2v) is 10.9. The predicted octanol–water partition coefficient (Wildman–Crippen LogP) is 4.23. The van der Waals surface area contributed by atoms with Crippen LogP contribution in [-0.2, 0) is 32.6 Å². The smallest absolute Gasteiger partial charge is 0.328 e. The third kappa shape index (κ3) is 5.61. The van der Waals surface area contributed by atoms with Gasteiger partial charge in [0.05, 0.1) is 28.6 Å². The molecule has 3 N–H and O–H groups in total. The van der Waals surface area contributed by atoms with E-state index in [1.165, 1.54) is 38.4 Å². The van der Waals surface area contributed by atoms with Crippen molar-refractivity contribution in [3.8, 4) is 11.1 Å². The van der Waals surface area contributed by atoms with Gasteiger partial charge in [0, 0.05) is 43.2 Å². The van der Waals surface area contributed by atoms with Gasteiger partial charge in [-0.2, -0.15) is 0 Å². The van der Waals surface area contributed by atoms with E-state index in [1.54, 1.807) is 13.1 Å². The van der Waals surface area contributed by atoms with Crippen LogP contribution in [0.25, 0.3) is 11.1 Å². The number of anilines is 2. The van der Waals surface area contributed by atoms with E-state index >= 15 is 0 Å². The van der Waals surface area contributed by atoms with E-state index in [4.69, 9.17) is 16.3 Å². The molecule has 2 aromatic carbocycles. The van der Waals surface area contributed by atoms with Gasteiger partial charge in [0.15, 0.2) is 0 Å². The van der Waals surface area contributed by atoms with Crippen molar-refractivity contribution in [2.45, 2.75) is 38.1 Å². The van der Waals surface area contributed by atoms with Gasteiger partial charge in [0.2, 0.25) is 11.8 Å². The minimum absolute atomic E-state index is 0.0125. The number of pyridine rings is 1. The van der Waals surface area contributed by atoms with Gasteiger partial charge >= 0.3 is 5.69 Å². The molecular weight excluding hydrogens is 577 g/mol. The van der Waals surface area contributed by atoms with Crippen molar-refractivity contribution >= 4 is 34.9 Å². The minimum atomic E-state index is -0.628. The molecular formula is C31H29ClFN5O5. The van der Waals surface area contributed by atoms with Crippen LogP contribution in [0.1, 0.15) is 36.6 Å². The monoisotopic (exact) mass is 605 g/mol. The first-order valence-corrected chi connectivity index (χ1v) is 13.9. The van der Waals surface area contributed by atoms with Crippen molar-refractivity contribution in [1.29, 1.82) is 0 Å². The molecule has 2 amide bonds. The molecule has 1 spiro atoms. The summed E-state index contributed by atoms with van der Waals surface area (Å²) in [6.45, 7) is 3.36. The summed E-state index contributed by atoms with van der Waals surface area (Å²) in [4.78, 5) is 54.8. The largest absolute Gasteiger partial charge is 0.383 e. The van der Waals surface area contributed by atoms with Gasteiger partial charge in [0.1, 0.15) is 11.6 Å². The Bertz CT molecular complexity index is 1860. The third-order valence-corrected chi connectivity index (χ3v) is 7.98. The van der Waals surface area contributed by atoms with Crippen molar-refractivity contribution in [3.63, 3.8) is 0 Å². The number of aromatic amines is 1. The molecule has 2 atom stereocenters. The highest BCUT2D eigenvalue weighted by Crippen LogP contribution is 2.46. The van der Waals surface area contributed by atoms with E-state index in [0.717, 1.165) is 26.9 Å². The fraction of sp³-hybridized carbons (Fsp3) is 0.258. The Hall–Kier alpha value is -4.61. The fourth-order valence-corrected chi connectivity index (χ4v) is 5.88. The summed E-state index contributed by atoms with van der Waals surface area (Å²) >= 11 is 5.89. The second kappa shape index (κ2) is 11.9. The molecule has 0 saturated carbocycles. The van der Waals surface area contributed by atoms with Crippen LogP contribution in [0.5, 0.6) is 0 Å². The van der Waals surface area contributed by atoms with Crippen molar-refractivity contribution < 1.29 is 18.7 Å². The molecule has 3 heterocycles. The number of nitrogens with one attached hydrogen (secondary N) is 3. The van der Waals surface area contributed by atoms with Crippen LogP contribution in [0.2, 0.25) is 5.02 Å². The van der Waals surface area contributed by atoms with Crippen LogP contribution in [0.15, 0.2) is 70.5 Å². The first-order chi connectivity index (χ1) is 20.6. The molecule has 0 unspecified atom stereocenters. The zero-order valence-corrected chi connectivity index (χ0v) is 24.4. The van der Waals surface area contributed by atoms with Crippen LogP contribution in [0.4, 0.5) is 15.9 Å². The summed E-state index contributed by atoms with van der Waals surface area (Å²) in [7, 11) is 1.48. The van der Waals surface area contributed by atoms with Crippen LogP contribution in [0, 0.1) is 5.82 Å². The maximum absolute atomic E-state index is 13.5. The number of hydrogen-bond acceptors (Lipinski definition) is 6. The fourth-order valence-electron chi connectivity index (χ4n) is 5.66. The lowest BCUT2D eigenvalue weighted by Gasteiger charge is -2.20. The van der Waals surface area contributed by atoms with E-state index in [2.05, 4.69) is 20.6 Å². The molecule has 0 radical (unpaired) electrons. The SMILES string of the molecule is CC(=O)Nc1ccc2c(c1)C[C@@]1(C2)C(=O)Nc2ncccc21.COC[C@@H](C)n1c(=O)[nH]cc(-c2cccc(F)c2Cl)c1=O. The first kappa shape index (κ1) is 29.9. The Morgan fingerprint density at radius 1 is 1.14 bits per heavy atom. The van der Waals surface area contributed by atoms with E-state index < -0.39 is 28.5 Å². The highest BCUT2D eigenvalue weighted by molar-refractivity contribution is 6.33. The number of ether oxygens (including phenoxy) is 1. The minimum Gasteiger partial charge on any atom is -0.383 e. The Kier molecular flexibility index (Phi) is 8.30. The number of carbonyl (C=O) groups is 2. The average molecular weight is 606 g/mol. The topological polar surface area (TPSA) is 135 Å². The molecule has 0 fully saturated rings. The number of methoxy groups -OCH3 is 1. The molecule has 4 aromatic rings. The Morgan fingerprint density at radius 3 is 2.65 bits per heavy atom. The van der Waals surface area contributed by atoms with E-state index in [1.807, 2.05) is 30.3 Å². The predicted molar refractivity (Wildman–Crippen MR) is 161 cm³/mol. The maximum atomic E-state index is 13.5. The molecule has 2 aliphatic rings. The van der Waals surface area contributed by atoms with Gasteiger partial charge in [-0.3, -0.25) is 19.0 Å². The second-order valence-electron chi connectivity index (χ2n) is 10.5. The highest BCUT2D eigenvalue weighted by atomic mass is 35.5. The molecule has 43 heavy (non-hydrogen) atoms. The van der Waals surface area contributed by atoms with Crippen LogP contribution in [0.3, 0.4) is 0 Å². The normalized spacial score (nSPS) is 17.0. The number of H-pyrrole nitrogens is 1. The van der Waals surface area contributed by atoms with Crippen molar-refractivity contribution in [3.05, 3.63) is 109 Å². The van der Waals surface area contributed by atoms with Gasteiger partial charge in [-0.05, 0) is 55.2 Å². The van der Waals surface area contributed by atoms with Crippen molar-refractivity contribution in [2.24, 2.45) is 0 Å². The molecule has 1 aliphatic carbocycles. The number of hydrogen-bond donors (Lipinski definition) is 3. The van der Waals surface area contributed by atoms with Crippen LogP contribution < -0.4 is 21.9 Å². The van der Waals surface area contributed by atoms with Gasteiger partial charge in [-0.15, -0.1) is 0 Å². The molecule has 0 bridgehead atoms. The van der Waals surface area contributed by atoms with E-state index in [-0.39, 0.29) is 34.6 Å². The zero-order valence-electron chi connectivity index (χ0n) is 23.7. The Balaban J connectivity index is 0.000000172. The number of rotatable bonds is 5. The Morgan fingerprint density at radius 2 is 1.91 bits per heavy atom. The van der Waals surface area contributed by atoms with Gasteiger partial charge in [-0.1, -0.05) is 35.9 Å². The van der Waals surface area contributed by atoms with Crippen LogP contribution in [-0.4, -0.2) is 40.1 Å². The first-order valence-electron chi connectivity index (χ1n) is 13.5. The number of carbonyl (C=O) groups excluding carboxylic acids is 2. The summed E-state index contributed by atoms with van der Waals surface area (Å²) in [6, 6.07) is 13.4. The number of aromatic nitrogens is 3. The quantitative estimate of drug-likeness (QED) is 0.312. The lowest BCUT2D eigenvalue weighted by molar-refractivity contribution is -0.120. The number of fused-ring (bicyclic) bond motifs is 3. The molecule has 2 aromatic heterocycles. The van der Waals surface area contributed by atoms with Gasteiger partial charge < -0.3 is 20.4 Å². The lowest BCUT2D eigenvalue weighted by Crippen LogP contribution is -2.39. The molecule has 12 heteroatoms. The summed E-state index contributed by atoms with van der Waals surface area (Å²) in [5.41, 5.74) is 2.71. The van der Waals surface area contributed by atoms with Crippen molar-refractivity contribution in [2.75, 3.05) is 24.4 Å². The standard InChI is InChI=1S/C17H15N3O2.C14H14ClFN2O3/c1-10(21)19-13-5-4-11-8-17(9-12(11)7-13)14-3-2-6-18-15(14)20-16(17)22;1-8(7-21-2)18-13(19)10(6-17-14(18)20)9-4-3-5-11(16)12(9)15/h2-7H,8-9H2,1H3,(H,19,21)(H,18,20,22);3-6,8H,7H2,1-2H3,(H,17,20)/t17-;8-/m11/s1. The lowest BCUT2D eigenvalue weighted by atomic mass is 9.79. The summed E-state index contributed by atoms with van der Waals surface area (Å²) in [5.74, 6) is -0.0436. The van der Waals surface area contributed by atoms with Crippen molar-refractivity contribution in [1.82, 2.24) is 14.5 Å². The average Bonchev–Trinajstić information content (AvgIpc) is 3.47.